The van der Waals surface area contributed by atoms with Crippen LogP contribution in [0.2, 0.25) is 0 Å². The number of nitrogens with one attached hydrogen (secondary N) is 1. The van der Waals surface area contributed by atoms with Crippen LogP contribution in [0, 0.1) is 29.1 Å². The van der Waals surface area contributed by atoms with Crippen molar-refractivity contribution in [3.8, 4) is 11.8 Å². The molecule has 1 aliphatic heterocycles. The summed E-state index contributed by atoms with van der Waals surface area (Å²) in [6.07, 6.45) is 5.27. The Balaban J connectivity index is 1.90. The molecular formula is C23H27N3O4. The minimum Gasteiger partial charge on any atom is -0.492 e. The number of nitriles is 1. The molecule has 7 heteroatoms. The molecule has 158 valence electrons. The zero-order chi connectivity index (χ0) is 21.8. The number of benzene rings is 1. The molecule has 1 fully saturated rings. The van der Waals surface area contributed by atoms with E-state index < -0.39 is 11.9 Å². The van der Waals surface area contributed by atoms with Crippen molar-refractivity contribution in [2.45, 2.75) is 46.1 Å². The van der Waals surface area contributed by atoms with E-state index in [4.69, 9.17) is 4.74 Å². The quantitative estimate of drug-likeness (QED) is 0.550. The van der Waals surface area contributed by atoms with E-state index in [1.54, 1.807) is 12.1 Å². The highest BCUT2D eigenvalue weighted by Crippen LogP contribution is 2.37. The average Bonchev–Trinajstić information content (AvgIpc) is 2.98. The van der Waals surface area contributed by atoms with Gasteiger partial charge in [-0.3, -0.25) is 19.3 Å². The summed E-state index contributed by atoms with van der Waals surface area (Å²) in [5, 5.41) is 12.0. The van der Waals surface area contributed by atoms with Gasteiger partial charge in [0.1, 0.15) is 11.8 Å². The van der Waals surface area contributed by atoms with Gasteiger partial charge in [-0.2, -0.15) is 5.26 Å². The van der Waals surface area contributed by atoms with E-state index in [1.165, 1.54) is 11.0 Å². The Bertz CT molecular complexity index is 890. The van der Waals surface area contributed by atoms with Gasteiger partial charge in [0, 0.05) is 0 Å². The molecule has 0 spiro atoms. The predicted molar refractivity (Wildman–Crippen MR) is 111 cm³/mol. The van der Waals surface area contributed by atoms with Gasteiger partial charge >= 0.3 is 0 Å². The van der Waals surface area contributed by atoms with Crippen LogP contribution in [0.1, 0.15) is 45.6 Å². The van der Waals surface area contributed by atoms with Crippen molar-refractivity contribution in [3.63, 3.8) is 0 Å². The molecule has 2 aliphatic rings. The molecule has 1 N–H and O–H groups in total. The van der Waals surface area contributed by atoms with Crippen molar-refractivity contribution >= 4 is 23.4 Å². The van der Waals surface area contributed by atoms with E-state index in [-0.39, 0.29) is 29.6 Å². The van der Waals surface area contributed by atoms with Gasteiger partial charge in [-0.25, -0.2) is 0 Å². The molecule has 1 aromatic rings. The molecule has 3 rings (SSSR count). The van der Waals surface area contributed by atoms with Crippen LogP contribution in [0.4, 0.5) is 5.69 Å². The molecule has 30 heavy (non-hydrogen) atoms. The van der Waals surface area contributed by atoms with Crippen molar-refractivity contribution < 1.29 is 19.1 Å². The standard InChI is InChI=1S/C23H27N3O4/c1-4-30-20-10-9-15(13-24)12-18(20)25-21(27)19(11-14(2)3)26-22(28)16-7-5-6-8-17(16)23(26)29/h5-6,9-10,12,14,16-17,19H,4,7-8,11H2,1-3H3,(H,25,27). The number of imide groups is 1. The molecular weight excluding hydrogens is 382 g/mol. The van der Waals surface area contributed by atoms with Gasteiger partial charge in [-0.05, 0) is 50.3 Å². The first-order valence-corrected chi connectivity index (χ1v) is 10.4. The first-order valence-electron chi connectivity index (χ1n) is 10.4. The molecule has 3 unspecified atom stereocenters. The van der Waals surface area contributed by atoms with Crippen LogP contribution in [-0.4, -0.2) is 35.3 Å². The topological polar surface area (TPSA) is 99.5 Å². The number of ether oxygens (including phenoxy) is 1. The summed E-state index contributed by atoms with van der Waals surface area (Å²) in [6, 6.07) is 5.90. The highest BCUT2D eigenvalue weighted by Gasteiger charge is 2.51. The highest BCUT2D eigenvalue weighted by atomic mass is 16.5. The summed E-state index contributed by atoms with van der Waals surface area (Å²) in [5.41, 5.74) is 0.729. The maximum absolute atomic E-state index is 13.3. The van der Waals surface area contributed by atoms with Gasteiger partial charge in [0.25, 0.3) is 0 Å². The fraction of sp³-hybridized carbons (Fsp3) is 0.478. The van der Waals surface area contributed by atoms with Gasteiger partial charge in [0.15, 0.2) is 0 Å². The molecule has 0 radical (unpaired) electrons. The summed E-state index contributed by atoms with van der Waals surface area (Å²) in [4.78, 5) is 40.5. The number of fused-ring (bicyclic) bond motifs is 1. The van der Waals surface area contributed by atoms with Gasteiger partial charge in [0.2, 0.25) is 17.7 Å². The van der Waals surface area contributed by atoms with Crippen molar-refractivity contribution in [2.24, 2.45) is 17.8 Å². The number of likely N-dealkylation sites (tertiary alicyclic amines) is 1. The SMILES string of the molecule is CCOc1ccc(C#N)cc1NC(=O)C(CC(C)C)N1C(=O)C2CC=CCC2C1=O. The number of allylic oxidation sites excluding steroid dienone is 2. The fourth-order valence-electron chi connectivity index (χ4n) is 4.10. The molecule has 3 amide bonds. The molecule has 3 atom stereocenters. The molecule has 7 nitrogen and oxygen atoms in total. The zero-order valence-electron chi connectivity index (χ0n) is 17.6. The average molecular weight is 409 g/mol. The van der Waals surface area contributed by atoms with E-state index in [0.717, 1.165) is 0 Å². The van der Waals surface area contributed by atoms with Crippen LogP contribution in [0.5, 0.6) is 5.75 Å². The van der Waals surface area contributed by atoms with E-state index in [9.17, 15) is 19.6 Å². The smallest absolute Gasteiger partial charge is 0.247 e. The molecule has 1 aromatic carbocycles. The minimum atomic E-state index is -0.907. The molecule has 0 aromatic heterocycles. The van der Waals surface area contributed by atoms with Crippen molar-refractivity contribution in [2.75, 3.05) is 11.9 Å². The summed E-state index contributed by atoms with van der Waals surface area (Å²) >= 11 is 0. The van der Waals surface area contributed by atoms with Gasteiger partial charge in [-0.1, -0.05) is 26.0 Å². The Morgan fingerprint density at radius 2 is 1.87 bits per heavy atom. The number of hydrogen-bond acceptors (Lipinski definition) is 5. The van der Waals surface area contributed by atoms with Crippen molar-refractivity contribution in [3.05, 3.63) is 35.9 Å². The molecule has 1 heterocycles. The lowest BCUT2D eigenvalue weighted by molar-refractivity contribution is -0.147. The lowest BCUT2D eigenvalue weighted by Crippen LogP contribution is -2.48. The number of hydrogen-bond donors (Lipinski definition) is 1. The van der Waals surface area contributed by atoms with E-state index in [2.05, 4.69) is 5.32 Å². The van der Waals surface area contributed by atoms with Gasteiger partial charge in [0.05, 0.1) is 35.8 Å². The second-order valence-electron chi connectivity index (χ2n) is 8.09. The van der Waals surface area contributed by atoms with Crippen LogP contribution in [0.25, 0.3) is 0 Å². The van der Waals surface area contributed by atoms with Crippen LogP contribution in [-0.2, 0) is 14.4 Å². The summed E-state index contributed by atoms with van der Waals surface area (Å²) in [5.74, 6) is -1.23. The Labute approximate surface area is 176 Å². The largest absolute Gasteiger partial charge is 0.492 e. The Morgan fingerprint density at radius 1 is 1.23 bits per heavy atom. The number of rotatable bonds is 7. The lowest BCUT2D eigenvalue weighted by Gasteiger charge is -2.27. The van der Waals surface area contributed by atoms with Crippen LogP contribution in [0.3, 0.4) is 0 Å². The van der Waals surface area contributed by atoms with Gasteiger partial charge in [-0.15, -0.1) is 0 Å². The maximum Gasteiger partial charge on any atom is 0.247 e. The van der Waals surface area contributed by atoms with Crippen molar-refractivity contribution in [1.29, 1.82) is 5.26 Å². The lowest BCUT2D eigenvalue weighted by atomic mass is 9.85. The van der Waals surface area contributed by atoms with E-state index in [1.807, 2.05) is 39.0 Å². The Kier molecular flexibility index (Phi) is 6.56. The van der Waals surface area contributed by atoms with Crippen LogP contribution >= 0.6 is 0 Å². The summed E-state index contributed by atoms with van der Waals surface area (Å²) in [7, 11) is 0. The third kappa shape index (κ3) is 4.23. The first kappa shape index (κ1) is 21.6. The third-order valence-electron chi connectivity index (χ3n) is 5.52. The van der Waals surface area contributed by atoms with Crippen LogP contribution < -0.4 is 10.1 Å². The number of nitrogens with zero attached hydrogens (tertiary/aromatic N) is 2. The predicted octanol–water partition coefficient (Wildman–Crippen LogP) is 3.26. The second-order valence-corrected chi connectivity index (χ2v) is 8.09. The molecule has 0 saturated carbocycles. The summed E-state index contributed by atoms with van der Waals surface area (Å²) in [6.45, 7) is 6.11. The van der Waals surface area contributed by atoms with Crippen LogP contribution in [0.15, 0.2) is 30.4 Å². The Morgan fingerprint density at radius 3 is 2.40 bits per heavy atom. The fourth-order valence-corrected chi connectivity index (χ4v) is 4.10. The monoisotopic (exact) mass is 409 g/mol. The number of carbonyl (C=O) groups is 3. The van der Waals surface area contributed by atoms with E-state index in [0.29, 0.717) is 42.9 Å². The van der Waals surface area contributed by atoms with Crippen molar-refractivity contribution in [1.82, 2.24) is 4.90 Å². The zero-order valence-corrected chi connectivity index (χ0v) is 17.6. The first-order chi connectivity index (χ1) is 14.4. The third-order valence-corrected chi connectivity index (χ3v) is 5.52. The van der Waals surface area contributed by atoms with Gasteiger partial charge < -0.3 is 10.1 Å². The summed E-state index contributed by atoms with van der Waals surface area (Å²) < 4.78 is 5.56. The number of carbonyl (C=O) groups excluding carboxylic acids is 3. The minimum absolute atomic E-state index is 0.0962. The Hall–Kier alpha value is -3.14. The number of amides is 3. The second kappa shape index (κ2) is 9.12. The highest BCUT2D eigenvalue weighted by molar-refractivity contribution is 6.10. The van der Waals surface area contributed by atoms with E-state index >= 15 is 0 Å². The molecule has 1 saturated heterocycles. The molecule has 1 aliphatic carbocycles. The maximum atomic E-state index is 13.3. The normalized spacial score (nSPS) is 21.4. The number of anilines is 1. The molecule has 0 bridgehead atoms.